The summed E-state index contributed by atoms with van der Waals surface area (Å²) in [5, 5.41) is 8.40. The van der Waals surface area contributed by atoms with Gasteiger partial charge in [0, 0.05) is 18.0 Å². The van der Waals surface area contributed by atoms with Gasteiger partial charge < -0.3 is 5.73 Å². The zero-order chi connectivity index (χ0) is 21.8. The van der Waals surface area contributed by atoms with E-state index in [1.165, 1.54) is 6.20 Å². The molecule has 0 saturated carbocycles. The zero-order valence-electron chi connectivity index (χ0n) is 16.1. The highest BCUT2D eigenvalue weighted by molar-refractivity contribution is 5.85. The van der Waals surface area contributed by atoms with Gasteiger partial charge in [-0.2, -0.15) is 13.2 Å². The Labute approximate surface area is 173 Å². The number of aromatic nitrogens is 6. The van der Waals surface area contributed by atoms with E-state index < -0.39 is 17.6 Å². The second-order valence-electron chi connectivity index (χ2n) is 7.05. The van der Waals surface area contributed by atoms with Crippen LogP contribution in [0.25, 0.3) is 39.3 Å². The highest BCUT2D eigenvalue weighted by Gasteiger charge is 2.34. The number of aryl methyl sites for hydroxylation is 1. The van der Waals surface area contributed by atoms with Gasteiger partial charge in [-0.1, -0.05) is 12.1 Å². The third-order valence-electron chi connectivity index (χ3n) is 4.92. The molecule has 4 heterocycles. The lowest BCUT2D eigenvalue weighted by Gasteiger charge is -2.12. The largest absolute Gasteiger partial charge is 0.419 e. The number of alkyl halides is 3. The first kappa shape index (κ1) is 18.9. The third kappa shape index (κ3) is 3.21. The number of anilines is 1. The average Bonchev–Trinajstić information content (AvgIpc) is 3.18. The number of hydrogen-bond acceptors (Lipinski definition) is 6. The van der Waals surface area contributed by atoms with Crippen LogP contribution in [-0.4, -0.2) is 29.5 Å². The quantitative estimate of drug-likeness (QED) is 0.456. The maximum atomic E-state index is 13.3. The Morgan fingerprint density at radius 3 is 2.45 bits per heavy atom. The number of nitrogens with zero attached hydrogens (tertiary/aromatic N) is 6. The molecule has 4 aromatic heterocycles. The third-order valence-corrected chi connectivity index (χ3v) is 4.92. The normalized spacial score (nSPS) is 12.0. The number of nitrogen functional groups attached to an aromatic ring is 1. The van der Waals surface area contributed by atoms with Gasteiger partial charge in [0.1, 0.15) is 11.5 Å². The number of nitrogens with two attached hydrogens (primary N) is 1. The van der Waals surface area contributed by atoms with E-state index in [0.717, 1.165) is 11.6 Å². The molecular formula is C21H14F3N7. The van der Waals surface area contributed by atoms with Crippen molar-refractivity contribution in [3.8, 4) is 22.6 Å². The molecule has 0 radical (unpaired) electrons. The van der Waals surface area contributed by atoms with E-state index in [-0.39, 0.29) is 5.56 Å². The molecule has 154 valence electrons. The standard InChI is InChI=1S/C21H14F3N7/c1-11-2-4-16(26-8-11)20-30-29-18-10-27-15-5-3-12(7-17(15)31(18)20)13-6-14(21(22,23)24)19(25)28-9-13/h2-10H,1H3,(H2,25,28). The lowest BCUT2D eigenvalue weighted by Crippen LogP contribution is -2.10. The number of halogens is 3. The Morgan fingerprint density at radius 1 is 0.871 bits per heavy atom. The van der Waals surface area contributed by atoms with E-state index in [4.69, 9.17) is 5.73 Å². The first-order valence-electron chi connectivity index (χ1n) is 9.21. The first-order valence-corrected chi connectivity index (χ1v) is 9.21. The molecule has 0 aliphatic carbocycles. The van der Waals surface area contributed by atoms with Crippen LogP contribution in [0.3, 0.4) is 0 Å². The van der Waals surface area contributed by atoms with E-state index in [2.05, 4.69) is 25.1 Å². The summed E-state index contributed by atoms with van der Waals surface area (Å²) in [7, 11) is 0. The molecule has 2 N–H and O–H groups in total. The second-order valence-corrected chi connectivity index (χ2v) is 7.05. The summed E-state index contributed by atoms with van der Waals surface area (Å²) >= 11 is 0. The van der Waals surface area contributed by atoms with Crippen molar-refractivity contribution < 1.29 is 13.2 Å². The van der Waals surface area contributed by atoms with Gasteiger partial charge in [-0.05, 0) is 42.3 Å². The van der Waals surface area contributed by atoms with Gasteiger partial charge in [0.2, 0.25) is 0 Å². The minimum atomic E-state index is -4.60. The smallest absolute Gasteiger partial charge is 0.383 e. The lowest BCUT2D eigenvalue weighted by atomic mass is 10.0. The molecular weight excluding hydrogens is 407 g/mol. The Hall–Kier alpha value is -4.08. The van der Waals surface area contributed by atoms with Gasteiger partial charge in [0.25, 0.3) is 0 Å². The van der Waals surface area contributed by atoms with Crippen molar-refractivity contribution in [3.63, 3.8) is 0 Å². The summed E-state index contributed by atoms with van der Waals surface area (Å²) in [4.78, 5) is 12.5. The maximum Gasteiger partial charge on any atom is 0.419 e. The predicted molar refractivity (Wildman–Crippen MR) is 109 cm³/mol. The molecule has 7 nitrogen and oxygen atoms in total. The molecule has 0 fully saturated rings. The van der Waals surface area contributed by atoms with Crippen molar-refractivity contribution in [2.24, 2.45) is 0 Å². The van der Waals surface area contributed by atoms with E-state index in [1.807, 2.05) is 19.1 Å². The van der Waals surface area contributed by atoms with Crippen LogP contribution in [0, 0.1) is 6.92 Å². The van der Waals surface area contributed by atoms with Crippen molar-refractivity contribution >= 4 is 22.5 Å². The van der Waals surface area contributed by atoms with Crippen LogP contribution in [0.1, 0.15) is 11.1 Å². The molecule has 0 atom stereocenters. The van der Waals surface area contributed by atoms with E-state index in [0.29, 0.717) is 33.8 Å². The molecule has 1 aromatic carbocycles. The fourth-order valence-electron chi connectivity index (χ4n) is 3.36. The molecule has 0 bridgehead atoms. The fourth-order valence-corrected chi connectivity index (χ4v) is 3.36. The molecule has 0 aliphatic heterocycles. The van der Waals surface area contributed by atoms with Crippen molar-refractivity contribution in [2.45, 2.75) is 13.1 Å². The second kappa shape index (κ2) is 6.73. The summed E-state index contributed by atoms with van der Waals surface area (Å²) in [6, 6.07) is 9.87. The molecule has 31 heavy (non-hydrogen) atoms. The van der Waals surface area contributed by atoms with Gasteiger partial charge in [-0.25, -0.2) is 4.98 Å². The Kier molecular flexibility index (Phi) is 4.10. The number of pyridine rings is 2. The van der Waals surface area contributed by atoms with Crippen molar-refractivity contribution in [1.29, 1.82) is 0 Å². The fraction of sp³-hybridized carbons (Fsp3) is 0.0952. The summed E-state index contributed by atoms with van der Waals surface area (Å²) in [5.74, 6) is -0.0569. The van der Waals surface area contributed by atoms with Crippen LogP contribution >= 0.6 is 0 Å². The van der Waals surface area contributed by atoms with E-state index in [9.17, 15) is 13.2 Å². The maximum absolute atomic E-state index is 13.3. The average molecular weight is 421 g/mol. The van der Waals surface area contributed by atoms with Gasteiger partial charge in [-0.15, -0.1) is 10.2 Å². The van der Waals surface area contributed by atoms with Crippen LogP contribution in [0.4, 0.5) is 19.0 Å². The molecule has 0 saturated heterocycles. The molecule has 0 unspecified atom stereocenters. The molecule has 0 amide bonds. The minimum absolute atomic E-state index is 0.281. The van der Waals surface area contributed by atoms with Crippen molar-refractivity contribution in [1.82, 2.24) is 29.5 Å². The number of fused-ring (bicyclic) bond motifs is 3. The summed E-state index contributed by atoms with van der Waals surface area (Å²) in [5.41, 5.74) is 8.63. The van der Waals surface area contributed by atoms with Crippen LogP contribution in [0.15, 0.2) is 55.0 Å². The van der Waals surface area contributed by atoms with Gasteiger partial charge >= 0.3 is 6.18 Å². The monoisotopic (exact) mass is 421 g/mol. The Bertz CT molecular complexity index is 1440. The van der Waals surface area contributed by atoms with Gasteiger partial charge in [-0.3, -0.25) is 14.4 Å². The lowest BCUT2D eigenvalue weighted by molar-refractivity contribution is -0.137. The summed E-state index contributed by atoms with van der Waals surface area (Å²) in [6.07, 6.45) is 0.0222. The number of hydrogen-bond donors (Lipinski definition) is 1. The van der Waals surface area contributed by atoms with Crippen molar-refractivity contribution in [2.75, 3.05) is 5.73 Å². The number of benzene rings is 1. The topological polar surface area (TPSA) is 94.9 Å². The SMILES string of the molecule is Cc1ccc(-c2nnc3cnc4ccc(-c5cnc(N)c(C(F)(F)F)c5)cc4n23)nc1. The van der Waals surface area contributed by atoms with Crippen molar-refractivity contribution in [3.05, 3.63) is 66.1 Å². The predicted octanol–water partition coefficient (Wildman–Crippen LogP) is 4.31. The van der Waals surface area contributed by atoms with Gasteiger partial charge in [0.05, 0.1) is 22.8 Å². The highest BCUT2D eigenvalue weighted by Crippen LogP contribution is 2.35. The Morgan fingerprint density at radius 2 is 1.71 bits per heavy atom. The van der Waals surface area contributed by atoms with Crippen LogP contribution in [-0.2, 0) is 6.18 Å². The Balaban J connectivity index is 1.74. The van der Waals surface area contributed by atoms with E-state index >= 15 is 0 Å². The minimum Gasteiger partial charge on any atom is -0.383 e. The zero-order valence-corrected chi connectivity index (χ0v) is 16.1. The molecule has 10 heteroatoms. The van der Waals surface area contributed by atoms with Crippen LogP contribution < -0.4 is 5.73 Å². The molecule has 0 aliphatic rings. The highest BCUT2D eigenvalue weighted by atomic mass is 19.4. The number of rotatable bonds is 2. The molecule has 5 rings (SSSR count). The summed E-state index contributed by atoms with van der Waals surface area (Å²) in [6.45, 7) is 1.93. The van der Waals surface area contributed by atoms with Crippen LogP contribution in [0.5, 0.6) is 0 Å². The first-order chi connectivity index (χ1) is 14.8. The molecule has 0 spiro atoms. The van der Waals surface area contributed by atoms with E-state index in [1.54, 1.807) is 35.0 Å². The van der Waals surface area contributed by atoms with Gasteiger partial charge in [0.15, 0.2) is 11.5 Å². The molecule has 5 aromatic rings. The summed E-state index contributed by atoms with van der Waals surface area (Å²) < 4.78 is 41.6. The van der Waals surface area contributed by atoms with Crippen LogP contribution in [0.2, 0.25) is 0 Å².